The summed E-state index contributed by atoms with van der Waals surface area (Å²) in [6, 6.07) is 8.31. The topological polar surface area (TPSA) is 76.4 Å². The first-order chi connectivity index (χ1) is 10.1. The van der Waals surface area contributed by atoms with E-state index in [1.165, 1.54) is 0 Å². The van der Waals surface area contributed by atoms with Gasteiger partial charge >= 0.3 is 0 Å². The second kappa shape index (κ2) is 6.86. The predicted octanol–water partition coefficient (Wildman–Crippen LogP) is 0.0621. The maximum Gasteiger partial charge on any atom is 0.251 e. The summed E-state index contributed by atoms with van der Waals surface area (Å²) in [5.74, 6) is -0.368. The highest BCUT2D eigenvalue weighted by Gasteiger charge is 2.19. The largest absolute Gasteiger partial charge is 0.343 e. The Morgan fingerprint density at radius 1 is 1.19 bits per heavy atom. The molecular weight excluding hydrogens is 268 g/mol. The number of rotatable bonds is 3. The summed E-state index contributed by atoms with van der Waals surface area (Å²) in [5.41, 5.74) is 0.945. The number of amides is 2. The summed E-state index contributed by atoms with van der Waals surface area (Å²) in [7, 11) is 2.02. The van der Waals surface area contributed by atoms with Crippen LogP contribution in [0.3, 0.4) is 0 Å². The van der Waals surface area contributed by atoms with Gasteiger partial charge in [0.15, 0.2) is 0 Å². The highest BCUT2D eigenvalue weighted by molar-refractivity contribution is 5.96. The first-order valence-corrected chi connectivity index (χ1v) is 6.85. The van der Waals surface area contributed by atoms with E-state index in [1.807, 2.05) is 13.1 Å². The van der Waals surface area contributed by atoms with E-state index in [4.69, 9.17) is 5.26 Å². The second-order valence-corrected chi connectivity index (χ2v) is 5.06. The van der Waals surface area contributed by atoms with Crippen molar-refractivity contribution in [2.24, 2.45) is 0 Å². The molecule has 0 unspecified atom stereocenters. The fourth-order valence-corrected chi connectivity index (χ4v) is 2.12. The number of piperazine rings is 1. The van der Waals surface area contributed by atoms with Crippen molar-refractivity contribution in [2.75, 3.05) is 39.8 Å². The smallest absolute Gasteiger partial charge is 0.251 e. The third-order valence-corrected chi connectivity index (χ3v) is 3.53. The summed E-state index contributed by atoms with van der Waals surface area (Å²) >= 11 is 0. The molecule has 6 heteroatoms. The molecule has 2 rings (SSSR count). The van der Waals surface area contributed by atoms with Gasteiger partial charge in [-0.3, -0.25) is 9.59 Å². The summed E-state index contributed by atoms with van der Waals surface area (Å²) < 4.78 is 0. The molecule has 1 fully saturated rings. The lowest BCUT2D eigenvalue weighted by atomic mass is 10.1. The van der Waals surface area contributed by atoms with E-state index < -0.39 is 0 Å². The first-order valence-electron chi connectivity index (χ1n) is 6.85. The van der Waals surface area contributed by atoms with Gasteiger partial charge in [-0.25, -0.2) is 0 Å². The molecule has 6 nitrogen and oxygen atoms in total. The van der Waals surface area contributed by atoms with Gasteiger partial charge in [0.1, 0.15) is 0 Å². The molecule has 0 aliphatic carbocycles. The van der Waals surface area contributed by atoms with Gasteiger partial charge in [0.05, 0.1) is 18.2 Å². The number of hydrogen-bond donors (Lipinski definition) is 1. The standard InChI is InChI=1S/C15H18N4O2/c1-18-6-8-19(9-7-18)14(20)11-17-15(21)13-4-2-12(10-16)3-5-13/h2-5H,6-9,11H2,1H3,(H,17,21). The summed E-state index contributed by atoms with van der Waals surface area (Å²) in [6.07, 6.45) is 0. The normalized spacial score (nSPS) is 15.3. The van der Waals surface area contributed by atoms with Crippen molar-refractivity contribution in [1.29, 1.82) is 5.26 Å². The Morgan fingerprint density at radius 3 is 2.38 bits per heavy atom. The zero-order valence-corrected chi connectivity index (χ0v) is 12.0. The summed E-state index contributed by atoms with van der Waals surface area (Å²) in [4.78, 5) is 27.8. The maximum atomic E-state index is 12.0. The first kappa shape index (κ1) is 15.0. The number of hydrogen-bond acceptors (Lipinski definition) is 4. The van der Waals surface area contributed by atoms with E-state index in [1.54, 1.807) is 29.2 Å². The Bertz CT molecular complexity index is 554. The van der Waals surface area contributed by atoms with Crippen LogP contribution in [0.25, 0.3) is 0 Å². The summed E-state index contributed by atoms with van der Waals surface area (Å²) in [6.45, 7) is 3.11. The van der Waals surface area contributed by atoms with E-state index >= 15 is 0 Å². The second-order valence-electron chi connectivity index (χ2n) is 5.06. The molecule has 0 radical (unpaired) electrons. The van der Waals surface area contributed by atoms with Crippen molar-refractivity contribution >= 4 is 11.8 Å². The van der Waals surface area contributed by atoms with Gasteiger partial charge < -0.3 is 15.1 Å². The van der Waals surface area contributed by atoms with Crippen LogP contribution >= 0.6 is 0 Å². The molecule has 2 amide bonds. The minimum absolute atomic E-state index is 0.00253. The van der Waals surface area contributed by atoms with Crippen molar-refractivity contribution < 1.29 is 9.59 Å². The van der Waals surface area contributed by atoms with Crippen molar-refractivity contribution in [3.63, 3.8) is 0 Å². The Hall–Kier alpha value is -2.39. The minimum Gasteiger partial charge on any atom is -0.343 e. The number of carbonyl (C=O) groups is 2. The number of benzene rings is 1. The maximum absolute atomic E-state index is 12.0. The molecule has 0 saturated carbocycles. The van der Waals surface area contributed by atoms with Crippen LogP contribution in [0.2, 0.25) is 0 Å². The average molecular weight is 286 g/mol. The SMILES string of the molecule is CN1CCN(C(=O)CNC(=O)c2ccc(C#N)cc2)CC1. The fraction of sp³-hybridized carbons (Fsp3) is 0.400. The van der Waals surface area contributed by atoms with Gasteiger partial charge in [-0.2, -0.15) is 5.26 Å². The van der Waals surface area contributed by atoms with Crippen LogP contribution in [-0.2, 0) is 4.79 Å². The Labute approximate surface area is 123 Å². The number of nitrogens with one attached hydrogen (secondary N) is 1. The van der Waals surface area contributed by atoms with Gasteiger partial charge in [-0.1, -0.05) is 0 Å². The van der Waals surface area contributed by atoms with Crippen LogP contribution in [0, 0.1) is 11.3 Å². The Morgan fingerprint density at radius 2 is 1.81 bits per heavy atom. The molecule has 1 aromatic carbocycles. The van der Waals surface area contributed by atoms with E-state index in [0.29, 0.717) is 24.2 Å². The number of carbonyl (C=O) groups excluding carboxylic acids is 2. The molecule has 1 aliphatic rings. The zero-order chi connectivity index (χ0) is 15.2. The highest BCUT2D eigenvalue weighted by Crippen LogP contribution is 2.03. The molecule has 1 saturated heterocycles. The van der Waals surface area contributed by atoms with Crippen molar-refractivity contribution in [1.82, 2.24) is 15.1 Å². The number of nitrogens with zero attached hydrogens (tertiary/aromatic N) is 3. The Balaban J connectivity index is 1.83. The van der Waals surface area contributed by atoms with E-state index in [9.17, 15) is 9.59 Å². The van der Waals surface area contributed by atoms with Gasteiger partial charge in [0.2, 0.25) is 5.91 Å². The summed E-state index contributed by atoms with van der Waals surface area (Å²) in [5, 5.41) is 11.3. The molecule has 1 aromatic rings. The predicted molar refractivity (Wildman–Crippen MR) is 77.6 cm³/mol. The highest BCUT2D eigenvalue weighted by atomic mass is 16.2. The molecule has 0 aromatic heterocycles. The van der Waals surface area contributed by atoms with Crippen LogP contribution < -0.4 is 5.32 Å². The van der Waals surface area contributed by atoms with Crippen LogP contribution in [-0.4, -0.2) is 61.4 Å². The molecule has 0 atom stereocenters. The zero-order valence-electron chi connectivity index (χ0n) is 12.0. The molecule has 1 N–H and O–H groups in total. The molecule has 1 heterocycles. The lowest BCUT2D eigenvalue weighted by molar-refractivity contribution is -0.131. The lowest BCUT2D eigenvalue weighted by Gasteiger charge is -2.32. The van der Waals surface area contributed by atoms with E-state index in [0.717, 1.165) is 13.1 Å². The molecule has 0 spiro atoms. The average Bonchev–Trinajstić information content (AvgIpc) is 2.53. The molecule has 110 valence electrons. The van der Waals surface area contributed by atoms with E-state index in [2.05, 4.69) is 10.2 Å². The van der Waals surface area contributed by atoms with Crippen LogP contribution in [0.5, 0.6) is 0 Å². The van der Waals surface area contributed by atoms with Crippen LogP contribution in [0.15, 0.2) is 24.3 Å². The molecule has 21 heavy (non-hydrogen) atoms. The van der Waals surface area contributed by atoms with Crippen molar-refractivity contribution in [2.45, 2.75) is 0 Å². The molecule has 1 aliphatic heterocycles. The quantitative estimate of drug-likeness (QED) is 0.852. The third-order valence-electron chi connectivity index (χ3n) is 3.53. The van der Waals surface area contributed by atoms with Crippen molar-refractivity contribution in [3.8, 4) is 6.07 Å². The third kappa shape index (κ3) is 4.04. The monoisotopic (exact) mass is 286 g/mol. The van der Waals surface area contributed by atoms with Gasteiger partial charge in [0.25, 0.3) is 5.91 Å². The van der Waals surface area contributed by atoms with Crippen LogP contribution in [0.4, 0.5) is 0 Å². The molecule has 0 bridgehead atoms. The minimum atomic E-state index is -0.304. The van der Waals surface area contributed by atoms with Gasteiger partial charge in [0, 0.05) is 31.7 Å². The fourth-order valence-electron chi connectivity index (χ4n) is 2.12. The van der Waals surface area contributed by atoms with E-state index in [-0.39, 0.29) is 18.4 Å². The Kier molecular flexibility index (Phi) is 4.90. The van der Waals surface area contributed by atoms with Crippen molar-refractivity contribution in [3.05, 3.63) is 35.4 Å². The number of likely N-dealkylation sites (N-methyl/N-ethyl adjacent to an activating group) is 1. The van der Waals surface area contributed by atoms with Gasteiger partial charge in [-0.15, -0.1) is 0 Å². The lowest BCUT2D eigenvalue weighted by Crippen LogP contribution is -2.50. The van der Waals surface area contributed by atoms with Crippen LogP contribution in [0.1, 0.15) is 15.9 Å². The molecular formula is C15H18N4O2. The van der Waals surface area contributed by atoms with Gasteiger partial charge in [-0.05, 0) is 31.3 Å². The number of nitriles is 1.